The van der Waals surface area contributed by atoms with Crippen LogP contribution in [-0.2, 0) is 19.1 Å². The van der Waals surface area contributed by atoms with Crippen LogP contribution in [0, 0.1) is 0 Å². The molecule has 0 radical (unpaired) electrons. The van der Waals surface area contributed by atoms with E-state index in [0.717, 1.165) is 11.3 Å². The van der Waals surface area contributed by atoms with E-state index in [-0.39, 0.29) is 37.3 Å². The van der Waals surface area contributed by atoms with Crippen molar-refractivity contribution in [1.82, 2.24) is 4.90 Å². The Kier molecular flexibility index (Phi) is 6.45. The number of hydrogen-bond acceptors (Lipinski definition) is 6. The van der Waals surface area contributed by atoms with E-state index < -0.39 is 12.1 Å². The van der Waals surface area contributed by atoms with E-state index in [1.165, 1.54) is 22.3 Å². The van der Waals surface area contributed by atoms with E-state index in [4.69, 9.17) is 4.74 Å². The Bertz CT molecular complexity index is 974. The number of aliphatic hydroxyl groups is 1. The summed E-state index contributed by atoms with van der Waals surface area (Å²) in [5.41, 5.74) is 2.20. The molecule has 9 heteroatoms. The predicted octanol–water partition coefficient (Wildman–Crippen LogP) is 1.72. The van der Waals surface area contributed by atoms with Gasteiger partial charge >= 0.3 is 0 Å². The highest BCUT2D eigenvalue weighted by Crippen LogP contribution is 2.23. The first-order valence-corrected chi connectivity index (χ1v) is 10.9. The number of likely N-dealkylation sites (tertiary alicyclic amines) is 1. The first-order valence-electron chi connectivity index (χ1n) is 9.99. The van der Waals surface area contributed by atoms with Crippen LogP contribution in [-0.4, -0.2) is 66.2 Å². The standard InChI is InChI=1S/C22H23N3O5S/c26-18-11-19(25(12-18)20(27)6-1-15-7-10-31-14-15)22(29)23-16-2-4-17(5-3-16)24-8-9-30-13-21(24)28/h1-7,10,14,18-19,26H,8-9,11-13H2,(H,23,29)/t18-,19-/m1/s1. The van der Waals surface area contributed by atoms with E-state index in [1.807, 2.05) is 16.8 Å². The highest BCUT2D eigenvalue weighted by Gasteiger charge is 2.38. The molecule has 0 saturated carbocycles. The van der Waals surface area contributed by atoms with E-state index in [1.54, 1.807) is 35.2 Å². The van der Waals surface area contributed by atoms with Crippen molar-refractivity contribution in [2.24, 2.45) is 0 Å². The maximum Gasteiger partial charge on any atom is 0.253 e. The third kappa shape index (κ3) is 5.01. The largest absolute Gasteiger partial charge is 0.391 e. The normalized spacial score (nSPS) is 21.6. The lowest BCUT2D eigenvalue weighted by atomic mass is 10.1. The maximum absolute atomic E-state index is 12.8. The minimum Gasteiger partial charge on any atom is -0.391 e. The Labute approximate surface area is 183 Å². The lowest BCUT2D eigenvalue weighted by Gasteiger charge is -2.27. The van der Waals surface area contributed by atoms with Gasteiger partial charge in [0, 0.05) is 37.0 Å². The quantitative estimate of drug-likeness (QED) is 0.689. The second-order valence-corrected chi connectivity index (χ2v) is 8.20. The summed E-state index contributed by atoms with van der Waals surface area (Å²) < 4.78 is 5.14. The SMILES string of the molecule is O=C(Nc1ccc(N2CCOCC2=O)cc1)[C@H]1C[C@@H](O)CN1C(=O)C=Cc1ccsc1. The Hall–Kier alpha value is -3.01. The van der Waals surface area contributed by atoms with Crippen LogP contribution in [0.1, 0.15) is 12.0 Å². The monoisotopic (exact) mass is 441 g/mol. The molecule has 2 saturated heterocycles. The van der Waals surface area contributed by atoms with Gasteiger partial charge in [-0.05, 0) is 52.7 Å². The van der Waals surface area contributed by atoms with Crippen molar-refractivity contribution in [2.75, 3.05) is 36.5 Å². The van der Waals surface area contributed by atoms with Crippen LogP contribution in [0.5, 0.6) is 0 Å². The first kappa shape index (κ1) is 21.2. The van der Waals surface area contributed by atoms with Gasteiger partial charge < -0.3 is 25.0 Å². The zero-order valence-corrected chi connectivity index (χ0v) is 17.6. The Morgan fingerprint density at radius 1 is 1.23 bits per heavy atom. The number of carbonyl (C=O) groups is 3. The summed E-state index contributed by atoms with van der Waals surface area (Å²) in [5.74, 6) is -0.777. The second kappa shape index (κ2) is 9.42. The fraction of sp³-hybridized carbons (Fsp3) is 0.318. The molecule has 0 spiro atoms. The number of nitrogens with one attached hydrogen (secondary N) is 1. The molecule has 1 aromatic carbocycles. The van der Waals surface area contributed by atoms with Crippen molar-refractivity contribution in [1.29, 1.82) is 0 Å². The predicted molar refractivity (Wildman–Crippen MR) is 118 cm³/mol. The molecular weight excluding hydrogens is 418 g/mol. The molecule has 162 valence electrons. The van der Waals surface area contributed by atoms with Crippen molar-refractivity contribution in [2.45, 2.75) is 18.6 Å². The van der Waals surface area contributed by atoms with Gasteiger partial charge in [0.2, 0.25) is 11.8 Å². The summed E-state index contributed by atoms with van der Waals surface area (Å²) in [4.78, 5) is 40.4. The molecule has 3 amide bonds. The van der Waals surface area contributed by atoms with Gasteiger partial charge in [0.15, 0.2) is 0 Å². The molecule has 4 rings (SSSR count). The van der Waals surface area contributed by atoms with Gasteiger partial charge in [0.05, 0.1) is 12.7 Å². The minimum absolute atomic E-state index is 0.0627. The van der Waals surface area contributed by atoms with Gasteiger partial charge in [-0.2, -0.15) is 11.3 Å². The van der Waals surface area contributed by atoms with Crippen LogP contribution in [0.4, 0.5) is 11.4 Å². The smallest absolute Gasteiger partial charge is 0.253 e. The number of carbonyl (C=O) groups excluding carboxylic acids is 3. The highest BCUT2D eigenvalue weighted by atomic mass is 32.1. The molecule has 8 nitrogen and oxygen atoms in total. The molecule has 2 N–H and O–H groups in total. The van der Waals surface area contributed by atoms with Gasteiger partial charge in [-0.15, -0.1) is 0 Å². The Balaban J connectivity index is 1.40. The molecule has 2 aromatic rings. The summed E-state index contributed by atoms with van der Waals surface area (Å²) in [6.07, 6.45) is 2.56. The number of ether oxygens (including phenoxy) is 1. The highest BCUT2D eigenvalue weighted by molar-refractivity contribution is 7.08. The summed E-state index contributed by atoms with van der Waals surface area (Å²) in [6, 6.07) is 8.08. The third-order valence-electron chi connectivity index (χ3n) is 5.26. The van der Waals surface area contributed by atoms with Gasteiger partial charge in [-0.3, -0.25) is 14.4 Å². The van der Waals surface area contributed by atoms with Crippen LogP contribution >= 0.6 is 11.3 Å². The molecule has 3 heterocycles. The molecular formula is C22H23N3O5S. The van der Waals surface area contributed by atoms with Gasteiger partial charge in [-0.25, -0.2) is 0 Å². The number of rotatable bonds is 5. The average molecular weight is 442 g/mol. The maximum atomic E-state index is 12.8. The zero-order chi connectivity index (χ0) is 21.8. The van der Waals surface area contributed by atoms with Crippen LogP contribution < -0.4 is 10.2 Å². The number of amides is 3. The molecule has 0 unspecified atom stereocenters. The van der Waals surface area contributed by atoms with Crippen LogP contribution in [0.3, 0.4) is 0 Å². The van der Waals surface area contributed by atoms with Crippen LogP contribution in [0.15, 0.2) is 47.2 Å². The van der Waals surface area contributed by atoms with Gasteiger partial charge in [-0.1, -0.05) is 0 Å². The van der Waals surface area contributed by atoms with Crippen LogP contribution in [0.2, 0.25) is 0 Å². The number of aliphatic hydroxyl groups excluding tert-OH is 1. The van der Waals surface area contributed by atoms with Crippen molar-refractivity contribution < 1.29 is 24.2 Å². The molecule has 2 fully saturated rings. The number of morpholine rings is 1. The fourth-order valence-corrected chi connectivity index (χ4v) is 4.31. The Morgan fingerprint density at radius 3 is 2.74 bits per heavy atom. The van der Waals surface area contributed by atoms with E-state index in [9.17, 15) is 19.5 Å². The summed E-state index contributed by atoms with van der Waals surface area (Å²) >= 11 is 1.53. The van der Waals surface area contributed by atoms with E-state index in [0.29, 0.717) is 18.8 Å². The molecule has 31 heavy (non-hydrogen) atoms. The van der Waals surface area contributed by atoms with Crippen LogP contribution in [0.25, 0.3) is 6.08 Å². The second-order valence-electron chi connectivity index (χ2n) is 7.42. The number of nitrogens with zero attached hydrogens (tertiary/aromatic N) is 2. The fourth-order valence-electron chi connectivity index (χ4n) is 3.68. The zero-order valence-electron chi connectivity index (χ0n) is 16.8. The van der Waals surface area contributed by atoms with Gasteiger partial charge in [0.1, 0.15) is 12.6 Å². The number of benzene rings is 1. The molecule has 2 aliphatic heterocycles. The molecule has 0 bridgehead atoms. The van der Waals surface area contributed by atoms with Crippen molar-refractivity contribution in [3.8, 4) is 0 Å². The summed E-state index contributed by atoms with van der Waals surface area (Å²) in [7, 11) is 0. The number of β-amino-alcohol motifs (C(OH)–C–C–N with tert-alkyl or cyclic N) is 1. The number of hydrogen-bond donors (Lipinski definition) is 2. The van der Waals surface area contributed by atoms with Crippen molar-refractivity contribution in [3.05, 3.63) is 52.7 Å². The van der Waals surface area contributed by atoms with Gasteiger partial charge in [0.25, 0.3) is 5.91 Å². The van der Waals surface area contributed by atoms with E-state index >= 15 is 0 Å². The topological polar surface area (TPSA) is 99.2 Å². The Morgan fingerprint density at radius 2 is 2.03 bits per heavy atom. The number of thiophene rings is 1. The van der Waals surface area contributed by atoms with Crippen molar-refractivity contribution >= 4 is 46.5 Å². The molecule has 1 aromatic heterocycles. The summed E-state index contributed by atoms with van der Waals surface area (Å²) in [6.45, 7) is 1.15. The first-order chi connectivity index (χ1) is 15.0. The molecule has 0 aliphatic carbocycles. The van der Waals surface area contributed by atoms with E-state index in [2.05, 4.69) is 5.32 Å². The molecule has 2 aliphatic rings. The average Bonchev–Trinajstić information content (AvgIpc) is 3.43. The summed E-state index contributed by atoms with van der Waals surface area (Å²) in [5, 5.41) is 16.7. The lowest BCUT2D eigenvalue weighted by Crippen LogP contribution is -2.42. The third-order valence-corrected chi connectivity index (χ3v) is 5.96. The lowest BCUT2D eigenvalue weighted by molar-refractivity contribution is -0.132. The minimum atomic E-state index is -0.755. The number of anilines is 2. The molecule has 2 atom stereocenters. The van der Waals surface area contributed by atoms with Crippen molar-refractivity contribution in [3.63, 3.8) is 0 Å².